The molecule has 3 aliphatic rings. The first-order chi connectivity index (χ1) is 17.8. The van der Waals surface area contributed by atoms with E-state index in [1.807, 2.05) is 0 Å². The fraction of sp³-hybridized carbons (Fsp3) is 0.480. The lowest BCUT2D eigenvalue weighted by Crippen LogP contribution is -2.65. The van der Waals surface area contributed by atoms with E-state index < -0.39 is 76.8 Å². The second-order valence-electron chi connectivity index (χ2n) is 9.93. The number of aromatic hydroxyl groups is 1. The minimum absolute atomic E-state index is 0.0218. The Balaban J connectivity index is 1.89. The van der Waals surface area contributed by atoms with Crippen molar-refractivity contribution in [3.63, 3.8) is 0 Å². The van der Waals surface area contributed by atoms with Gasteiger partial charge < -0.3 is 36.2 Å². The summed E-state index contributed by atoms with van der Waals surface area (Å²) in [7, 11) is 4.35. The second kappa shape index (κ2) is 9.64. The number of alkyl halides is 2. The summed E-state index contributed by atoms with van der Waals surface area (Å²) in [5, 5.41) is 47.0. The van der Waals surface area contributed by atoms with Crippen molar-refractivity contribution in [1.82, 2.24) is 10.2 Å². The zero-order valence-corrected chi connectivity index (χ0v) is 20.9. The van der Waals surface area contributed by atoms with Gasteiger partial charge in [-0.15, -0.1) is 0 Å². The van der Waals surface area contributed by atoms with Gasteiger partial charge in [-0.25, -0.2) is 8.78 Å². The van der Waals surface area contributed by atoms with Crippen molar-refractivity contribution >= 4 is 23.2 Å². The molecule has 1 aromatic carbocycles. The minimum Gasteiger partial charge on any atom is -0.508 e. The van der Waals surface area contributed by atoms with E-state index in [0.29, 0.717) is 11.1 Å². The molecule has 13 heteroatoms. The molecule has 0 bridgehead atoms. The molecular formula is C25H29F2N3O8. The summed E-state index contributed by atoms with van der Waals surface area (Å²) in [5.74, 6) is -7.36. The highest BCUT2D eigenvalue weighted by Crippen LogP contribution is 2.54. The summed E-state index contributed by atoms with van der Waals surface area (Å²) in [4.78, 5) is 40.3. The number of hydrogen-bond acceptors (Lipinski definition) is 10. The molecule has 206 valence electrons. The topological polar surface area (TPSA) is 183 Å². The highest BCUT2D eigenvalue weighted by molar-refractivity contribution is 6.24. The Bertz CT molecular complexity index is 1290. The zero-order chi connectivity index (χ0) is 28.3. The molecule has 0 spiro atoms. The number of rotatable bonds is 7. The number of methoxy groups -OCH3 is 1. The van der Waals surface area contributed by atoms with Crippen molar-refractivity contribution in [2.75, 3.05) is 27.7 Å². The maximum atomic E-state index is 13.8. The number of ketones is 2. The number of amides is 1. The quantitative estimate of drug-likeness (QED) is 0.265. The average Bonchev–Trinajstić information content (AvgIpc) is 2.80. The van der Waals surface area contributed by atoms with Gasteiger partial charge in [0.2, 0.25) is 5.78 Å². The van der Waals surface area contributed by atoms with Crippen LogP contribution >= 0.6 is 0 Å². The number of primary amides is 1. The average molecular weight is 538 g/mol. The van der Waals surface area contributed by atoms with Crippen molar-refractivity contribution in [2.45, 2.75) is 37.5 Å². The molecule has 1 saturated carbocycles. The highest BCUT2D eigenvalue weighted by atomic mass is 19.3. The Morgan fingerprint density at radius 1 is 1.29 bits per heavy atom. The first-order valence-corrected chi connectivity index (χ1v) is 11.8. The molecule has 4 rings (SSSR count). The largest absolute Gasteiger partial charge is 0.508 e. The van der Waals surface area contributed by atoms with Gasteiger partial charge in [-0.3, -0.25) is 19.3 Å². The summed E-state index contributed by atoms with van der Waals surface area (Å²) in [6, 6.07) is 0.00902. The number of carbonyl (C=O) groups excluding carboxylic acids is 3. The van der Waals surface area contributed by atoms with E-state index in [2.05, 4.69) is 5.32 Å². The number of carbonyl (C=O) groups is 3. The van der Waals surface area contributed by atoms with Gasteiger partial charge in [0.05, 0.1) is 25.3 Å². The summed E-state index contributed by atoms with van der Waals surface area (Å²) in [6.45, 7) is -0.679. The van der Waals surface area contributed by atoms with Gasteiger partial charge in [0.1, 0.15) is 28.6 Å². The van der Waals surface area contributed by atoms with Crippen LogP contribution in [0.5, 0.6) is 11.5 Å². The third-order valence-electron chi connectivity index (χ3n) is 7.57. The van der Waals surface area contributed by atoms with Crippen LogP contribution in [0.1, 0.15) is 23.1 Å². The number of ether oxygens (including phenoxy) is 1. The molecular weight excluding hydrogens is 508 g/mol. The summed E-state index contributed by atoms with van der Waals surface area (Å²) in [5.41, 5.74) is 1.89. The number of phenolic OH excluding ortho intramolecular Hbond substituents is 1. The summed E-state index contributed by atoms with van der Waals surface area (Å²) in [6.07, 6.45) is -2.66. The molecule has 7 N–H and O–H groups in total. The van der Waals surface area contributed by atoms with Crippen LogP contribution in [0.2, 0.25) is 0 Å². The molecule has 0 aliphatic heterocycles. The second-order valence-corrected chi connectivity index (χ2v) is 9.93. The van der Waals surface area contributed by atoms with Crippen LogP contribution in [0.15, 0.2) is 23.0 Å². The molecule has 38 heavy (non-hydrogen) atoms. The first-order valence-electron chi connectivity index (χ1n) is 11.8. The fourth-order valence-corrected chi connectivity index (χ4v) is 6.06. The number of halogens is 2. The monoisotopic (exact) mass is 537 g/mol. The first kappa shape index (κ1) is 27.5. The number of aliphatic hydroxyl groups is 3. The third-order valence-corrected chi connectivity index (χ3v) is 7.57. The predicted molar refractivity (Wildman–Crippen MR) is 129 cm³/mol. The Labute approximate surface area is 216 Å². The SMILES string of the molecule is COc1c(CNCC(F)F)cc(O)c2c1C[C@H]1C[C@H]3[C@H](N(C)C)C(=O)C(C(N)=O)=C(O)[C@@]3(O)C(=O)C1=C2O. The van der Waals surface area contributed by atoms with Crippen LogP contribution < -0.4 is 15.8 Å². The van der Waals surface area contributed by atoms with Crippen molar-refractivity contribution in [1.29, 1.82) is 0 Å². The standard InChI is InChI=1S/C25H29F2N3O8/c1-30(2)18-12-5-9-4-11-16(13(31)6-10(21(11)38-3)7-29-8-14(26)27)19(32)15(9)22(34)25(12,37)23(35)17(20(18)33)24(28)36/h6,9,12,14,18,29,31-32,35,37H,4-5,7-8H2,1-3H3,(H2,28,36)/t9-,12-,18-,25-/m0/s1. The Hall–Kier alpha value is -3.55. The van der Waals surface area contributed by atoms with Gasteiger partial charge in [-0.1, -0.05) is 0 Å². The lowest BCUT2D eigenvalue weighted by molar-refractivity contribution is -0.153. The van der Waals surface area contributed by atoms with E-state index in [9.17, 15) is 43.6 Å². The molecule has 0 heterocycles. The van der Waals surface area contributed by atoms with Gasteiger partial charge in [0.25, 0.3) is 12.3 Å². The maximum absolute atomic E-state index is 13.8. The Morgan fingerprint density at radius 2 is 1.95 bits per heavy atom. The van der Waals surface area contributed by atoms with E-state index in [4.69, 9.17) is 10.5 Å². The van der Waals surface area contributed by atoms with Crippen molar-refractivity contribution < 1.29 is 48.3 Å². The van der Waals surface area contributed by atoms with Gasteiger partial charge in [0.15, 0.2) is 11.4 Å². The molecule has 1 amide bonds. The summed E-state index contributed by atoms with van der Waals surface area (Å²) < 4.78 is 30.7. The number of likely N-dealkylation sites (N-methyl/N-ethyl adjacent to an activating group) is 1. The van der Waals surface area contributed by atoms with E-state index in [1.165, 1.54) is 32.2 Å². The molecule has 0 saturated heterocycles. The van der Waals surface area contributed by atoms with Gasteiger partial charge in [-0.05, 0) is 38.9 Å². The van der Waals surface area contributed by atoms with Crippen molar-refractivity contribution in [3.8, 4) is 11.5 Å². The van der Waals surface area contributed by atoms with Gasteiger partial charge >= 0.3 is 0 Å². The number of Topliss-reactive ketones (excluding diaryl/α,β-unsaturated/α-hetero) is 2. The Morgan fingerprint density at radius 3 is 2.50 bits per heavy atom. The van der Waals surface area contributed by atoms with E-state index >= 15 is 0 Å². The zero-order valence-electron chi connectivity index (χ0n) is 20.9. The minimum atomic E-state index is -2.73. The number of hydrogen-bond donors (Lipinski definition) is 6. The molecule has 1 aromatic rings. The van der Waals surface area contributed by atoms with Crippen LogP contribution in [0.4, 0.5) is 8.78 Å². The molecule has 3 aliphatic carbocycles. The molecule has 11 nitrogen and oxygen atoms in total. The number of benzene rings is 1. The fourth-order valence-electron chi connectivity index (χ4n) is 6.06. The van der Waals surface area contributed by atoms with Crippen molar-refractivity contribution in [3.05, 3.63) is 39.7 Å². The molecule has 0 aromatic heterocycles. The molecule has 4 atom stereocenters. The number of aliphatic hydroxyl groups excluding tert-OH is 2. The van der Waals surface area contributed by atoms with E-state index in [0.717, 1.165) is 0 Å². The van der Waals surface area contributed by atoms with Crippen LogP contribution in [0, 0.1) is 11.8 Å². The lowest BCUT2D eigenvalue weighted by Gasteiger charge is -2.50. The highest BCUT2D eigenvalue weighted by Gasteiger charge is 2.64. The maximum Gasteiger partial charge on any atom is 0.255 e. The van der Waals surface area contributed by atoms with Crippen LogP contribution in [0.3, 0.4) is 0 Å². The van der Waals surface area contributed by atoms with Crippen molar-refractivity contribution in [2.24, 2.45) is 17.6 Å². The van der Waals surface area contributed by atoms with E-state index in [-0.39, 0.29) is 36.3 Å². The van der Waals surface area contributed by atoms with E-state index in [1.54, 1.807) is 0 Å². The molecule has 0 radical (unpaired) electrons. The number of nitrogens with two attached hydrogens (primary N) is 1. The third kappa shape index (κ3) is 3.92. The number of fused-ring (bicyclic) bond motifs is 3. The normalized spacial score (nSPS) is 27.0. The molecule has 0 unspecified atom stereocenters. The Kier molecular flexibility index (Phi) is 6.97. The van der Waals surface area contributed by atoms with Crippen LogP contribution in [-0.2, 0) is 27.3 Å². The lowest BCUT2D eigenvalue weighted by atomic mass is 9.57. The number of nitrogens with one attached hydrogen (secondary N) is 1. The van der Waals surface area contributed by atoms with Crippen LogP contribution in [0.25, 0.3) is 5.76 Å². The van der Waals surface area contributed by atoms with Gasteiger partial charge in [-0.2, -0.15) is 0 Å². The smallest absolute Gasteiger partial charge is 0.255 e. The van der Waals surface area contributed by atoms with Gasteiger partial charge in [0, 0.05) is 29.2 Å². The van der Waals surface area contributed by atoms with Crippen LogP contribution in [-0.4, -0.2) is 88.6 Å². The molecule has 1 fully saturated rings. The number of phenols is 1. The summed E-state index contributed by atoms with van der Waals surface area (Å²) >= 11 is 0. The predicted octanol–water partition coefficient (Wildman–Crippen LogP) is 0.327. The number of nitrogens with zero attached hydrogens (tertiary/aromatic N) is 1.